The van der Waals surface area contributed by atoms with Crippen LogP contribution in [0.15, 0.2) is 46.9 Å². The van der Waals surface area contributed by atoms with Crippen LogP contribution in [0.2, 0.25) is 0 Å². The van der Waals surface area contributed by atoms with Gasteiger partial charge in [-0.1, -0.05) is 6.07 Å². The molecule has 0 aliphatic carbocycles. The SMILES string of the molecule is CN(c1ccc(F)cc1)c1ccc(CO)cc1Br. The van der Waals surface area contributed by atoms with Gasteiger partial charge in [0.05, 0.1) is 12.3 Å². The predicted molar refractivity (Wildman–Crippen MR) is 74.5 cm³/mol. The molecule has 0 saturated heterocycles. The maximum Gasteiger partial charge on any atom is 0.123 e. The molecule has 94 valence electrons. The van der Waals surface area contributed by atoms with Gasteiger partial charge in [-0.3, -0.25) is 0 Å². The summed E-state index contributed by atoms with van der Waals surface area (Å²) in [6, 6.07) is 12.0. The van der Waals surface area contributed by atoms with E-state index in [0.29, 0.717) is 0 Å². The Balaban J connectivity index is 2.33. The summed E-state index contributed by atoms with van der Waals surface area (Å²) in [6.45, 7) is 0.0130. The Morgan fingerprint density at radius 3 is 2.39 bits per heavy atom. The molecule has 18 heavy (non-hydrogen) atoms. The Hall–Kier alpha value is -1.39. The number of anilines is 2. The fraction of sp³-hybridized carbons (Fsp3) is 0.143. The van der Waals surface area contributed by atoms with Gasteiger partial charge in [-0.2, -0.15) is 0 Å². The molecule has 0 atom stereocenters. The van der Waals surface area contributed by atoms with Crippen molar-refractivity contribution in [3.63, 3.8) is 0 Å². The Morgan fingerprint density at radius 1 is 1.17 bits per heavy atom. The number of aliphatic hydroxyl groups is 1. The van der Waals surface area contributed by atoms with Crippen molar-refractivity contribution in [1.29, 1.82) is 0 Å². The highest BCUT2D eigenvalue weighted by molar-refractivity contribution is 9.10. The van der Waals surface area contributed by atoms with Gasteiger partial charge < -0.3 is 10.0 Å². The molecule has 0 heterocycles. The number of halogens is 2. The first-order valence-corrected chi connectivity index (χ1v) is 6.29. The van der Waals surface area contributed by atoms with Crippen LogP contribution in [0.3, 0.4) is 0 Å². The van der Waals surface area contributed by atoms with Crippen molar-refractivity contribution >= 4 is 27.3 Å². The van der Waals surface area contributed by atoms with Gasteiger partial charge in [-0.05, 0) is 57.9 Å². The van der Waals surface area contributed by atoms with Crippen LogP contribution in [0.25, 0.3) is 0 Å². The second-order valence-corrected chi connectivity index (χ2v) is 4.83. The first kappa shape index (κ1) is 13.1. The van der Waals surface area contributed by atoms with E-state index in [1.807, 2.05) is 30.1 Å². The van der Waals surface area contributed by atoms with E-state index in [1.54, 1.807) is 12.1 Å². The largest absolute Gasteiger partial charge is 0.392 e. The molecule has 1 N–H and O–H groups in total. The highest BCUT2D eigenvalue weighted by Crippen LogP contribution is 2.31. The van der Waals surface area contributed by atoms with Crippen LogP contribution < -0.4 is 4.90 Å². The molecule has 2 aromatic rings. The fourth-order valence-corrected chi connectivity index (χ4v) is 2.42. The Kier molecular flexibility index (Phi) is 3.99. The fourth-order valence-electron chi connectivity index (χ4n) is 1.72. The molecule has 0 aliphatic heterocycles. The molecule has 2 nitrogen and oxygen atoms in total. The number of hydrogen-bond donors (Lipinski definition) is 1. The van der Waals surface area contributed by atoms with Gasteiger partial charge in [0.15, 0.2) is 0 Å². The molecule has 0 bridgehead atoms. The van der Waals surface area contributed by atoms with Crippen molar-refractivity contribution in [2.24, 2.45) is 0 Å². The minimum atomic E-state index is -0.248. The zero-order chi connectivity index (χ0) is 13.1. The molecule has 2 rings (SSSR count). The third-order valence-corrected chi connectivity index (χ3v) is 3.41. The summed E-state index contributed by atoms with van der Waals surface area (Å²) in [6.07, 6.45) is 0. The second-order valence-electron chi connectivity index (χ2n) is 3.98. The van der Waals surface area contributed by atoms with E-state index in [9.17, 15) is 4.39 Å². The van der Waals surface area contributed by atoms with Gasteiger partial charge in [-0.25, -0.2) is 4.39 Å². The van der Waals surface area contributed by atoms with Crippen LogP contribution in [0.5, 0.6) is 0 Å². The molecule has 0 spiro atoms. The molecule has 0 aromatic heterocycles. The van der Waals surface area contributed by atoms with Crippen molar-refractivity contribution in [2.75, 3.05) is 11.9 Å². The summed E-state index contributed by atoms with van der Waals surface area (Å²) in [5.41, 5.74) is 2.70. The minimum absolute atomic E-state index is 0.0130. The van der Waals surface area contributed by atoms with Crippen molar-refractivity contribution in [3.05, 3.63) is 58.3 Å². The predicted octanol–water partition coefficient (Wildman–Crippen LogP) is 3.85. The number of rotatable bonds is 3. The van der Waals surface area contributed by atoms with Gasteiger partial charge in [0.2, 0.25) is 0 Å². The minimum Gasteiger partial charge on any atom is -0.392 e. The van der Waals surface area contributed by atoms with E-state index in [1.165, 1.54) is 12.1 Å². The van der Waals surface area contributed by atoms with Crippen LogP contribution in [-0.2, 0) is 6.61 Å². The third-order valence-electron chi connectivity index (χ3n) is 2.77. The van der Waals surface area contributed by atoms with Crippen LogP contribution in [0, 0.1) is 5.82 Å². The lowest BCUT2D eigenvalue weighted by Crippen LogP contribution is -2.10. The van der Waals surface area contributed by atoms with Gasteiger partial charge in [0.1, 0.15) is 5.82 Å². The summed E-state index contributed by atoms with van der Waals surface area (Å²) < 4.78 is 13.8. The lowest BCUT2D eigenvalue weighted by molar-refractivity contribution is 0.282. The molecule has 0 unspecified atom stereocenters. The first-order chi connectivity index (χ1) is 8.61. The van der Waals surface area contributed by atoms with Crippen LogP contribution in [0.1, 0.15) is 5.56 Å². The summed E-state index contributed by atoms with van der Waals surface area (Å²) in [4.78, 5) is 1.95. The van der Waals surface area contributed by atoms with Crippen molar-refractivity contribution < 1.29 is 9.50 Å². The number of hydrogen-bond acceptors (Lipinski definition) is 2. The summed E-state index contributed by atoms with van der Waals surface area (Å²) >= 11 is 3.47. The third kappa shape index (κ3) is 2.71. The highest BCUT2D eigenvalue weighted by atomic mass is 79.9. The van der Waals surface area contributed by atoms with Gasteiger partial charge in [0.25, 0.3) is 0 Å². The normalized spacial score (nSPS) is 10.4. The van der Waals surface area contributed by atoms with Crippen LogP contribution in [-0.4, -0.2) is 12.2 Å². The molecule has 0 amide bonds. The number of nitrogens with zero attached hydrogens (tertiary/aromatic N) is 1. The maximum absolute atomic E-state index is 12.9. The Morgan fingerprint density at radius 2 is 1.83 bits per heavy atom. The molecule has 0 radical (unpaired) electrons. The zero-order valence-electron chi connectivity index (χ0n) is 9.90. The van der Waals surface area contributed by atoms with E-state index < -0.39 is 0 Å². The monoisotopic (exact) mass is 309 g/mol. The first-order valence-electron chi connectivity index (χ1n) is 5.50. The molecular formula is C14H13BrFNO. The average Bonchev–Trinajstić information content (AvgIpc) is 2.38. The molecule has 2 aromatic carbocycles. The van der Waals surface area contributed by atoms with E-state index in [-0.39, 0.29) is 12.4 Å². The van der Waals surface area contributed by atoms with Gasteiger partial charge in [0, 0.05) is 17.2 Å². The Labute approximate surface area is 114 Å². The summed E-state index contributed by atoms with van der Waals surface area (Å²) in [7, 11) is 1.91. The van der Waals surface area contributed by atoms with E-state index >= 15 is 0 Å². The highest BCUT2D eigenvalue weighted by Gasteiger charge is 2.08. The maximum atomic E-state index is 12.9. The van der Waals surface area contributed by atoms with Crippen LogP contribution >= 0.6 is 15.9 Å². The smallest absolute Gasteiger partial charge is 0.123 e. The zero-order valence-corrected chi connectivity index (χ0v) is 11.5. The Bertz CT molecular complexity index is 542. The van der Waals surface area contributed by atoms with Gasteiger partial charge >= 0.3 is 0 Å². The molecule has 0 saturated carbocycles. The molecular weight excluding hydrogens is 297 g/mol. The number of aliphatic hydroxyl groups excluding tert-OH is 1. The van der Waals surface area contributed by atoms with Crippen molar-refractivity contribution in [3.8, 4) is 0 Å². The van der Waals surface area contributed by atoms with Gasteiger partial charge in [-0.15, -0.1) is 0 Å². The van der Waals surface area contributed by atoms with Crippen LogP contribution in [0.4, 0.5) is 15.8 Å². The topological polar surface area (TPSA) is 23.5 Å². The van der Waals surface area contributed by atoms with E-state index in [2.05, 4.69) is 15.9 Å². The lowest BCUT2D eigenvalue weighted by Gasteiger charge is -2.21. The average molecular weight is 310 g/mol. The second kappa shape index (κ2) is 5.50. The quantitative estimate of drug-likeness (QED) is 0.931. The van der Waals surface area contributed by atoms with Crippen molar-refractivity contribution in [2.45, 2.75) is 6.61 Å². The molecule has 4 heteroatoms. The van der Waals surface area contributed by atoms with Crippen molar-refractivity contribution in [1.82, 2.24) is 0 Å². The van der Waals surface area contributed by atoms with E-state index in [4.69, 9.17) is 5.11 Å². The summed E-state index contributed by atoms with van der Waals surface area (Å²) in [5, 5.41) is 9.06. The molecule has 0 aliphatic rings. The molecule has 0 fully saturated rings. The number of benzene rings is 2. The summed E-state index contributed by atoms with van der Waals surface area (Å²) in [5.74, 6) is -0.248. The lowest BCUT2D eigenvalue weighted by atomic mass is 10.2. The standard InChI is InChI=1S/C14H13BrFNO/c1-17(12-5-3-11(16)4-6-12)14-7-2-10(9-18)8-13(14)15/h2-8,18H,9H2,1H3. The van der Waals surface area contributed by atoms with E-state index in [0.717, 1.165) is 21.4 Å².